The molecule has 0 saturated heterocycles. The summed E-state index contributed by atoms with van der Waals surface area (Å²) in [5.41, 5.74) is 0.810. The molecule has 1 aromatic heterocycles. The van der Waals surface area contributed by atoms with E-state index in [1.165, 1.54) is 0 Å². The third kappa shape index (κ3) is 2.21. The van der Waals surface area contributed by atoms with Gasteiger partial charge in [0.2, 0.25) is 6.54 Å². The van der Waals surface area contributed by atoms with E-state index in [0.29, 0.717) is 18.0 Å². The average Bonchev–Trinajstić information content (AvgIpc) is 2.03. The molecular weight excluding hydrogens is 160 g/mol. The molecule has 0 aliphatic rings. The van der Waals surface area contributed by atoms with Crippen LogP contribution in [-0.4, -0.2) is 11.5 Å². The minimum absolute atomic E-state index is 0.455. The Morgan fingerprint density at radius 3 is 3.09 bits per heavy atom. The maximum Gasteiger partial charge on any atom is 0.220 e. The van der Waals surface area contributed by atoms with E-state index in [1.807, 2.05) is 0 Å². The highest BCUT2D eigenvalue weighted by Crippen LogP contribution is 2.12. The highest BCUT2D eigenvalue weighted by Gasteiger charge is 2.00. The molecule has 11 heavy (non-hydrogen) atoms. The van der Waals surface area contributed by atoms with Crippen LogP contribution in [0.4, 0.5) is 0 Å². The van der Waals surface area contributed by atoms with Crippen molar-refractivity contribution in [2.45, 2.75) is 6.42 Å². The van der Waals surface area contributed by atoms with Crippen molar-refractivity contribution < 1.29 is 0 Å². The molecule has 2 nitrogen and oxygen atoms in total. The first-order valence-electron chi connectivity index (χ1n) is 3.27. The lowest BCUT2D eigenvalue weighted by atomic mass is 10.3. The molecule has 0 radical (unpaired) electrons. The summed E-state index contributed by atoms with van der Waals surface area (Å²) in [6.07, 6.45) is 2.33. The van der Waals surface area contributed by atoms with Crippen LogP contribution >= 0.6 is 11.6 Å². The van der Waals surface area contributed by atoms with Crippen LogP contribution in [0.25, 0.3) is 4.85 Å². The van der Waals surface area contributed by atoms with E-state index in [9.17, 15) is 0 Å². The second-order valence-corrected chi connectivity index (χ2v) is 2.47. The van der Waals surface area contributed by atoms with Gasteiger partial charge in [-0.05, 0) is 12.1 Å². The summed E-state index contributed by atoms with van der Waals surface area (Å²) in [5.74, 6) is 0. The van der Waals surface area contributed by atoms with Crippen molar-refractivity contribution >= 4 is 11.6 Å². The molecule has 0 unspecified atom stereocenters. The lowest BCUT2D eigenvalue weighted by Gasteiger charge is -1.95. The third-order valence-corrected chi connectivity index (χ3v) is 1.64. The topological polar surface area (TPSA) is 17.2 Å². The maximum absolute atomic E-state index is 6.58. The molecule has 0 aliphatic heterocycles. The summed E-state index contributed by atoms with van der Waals surface area (Å²) in [6.45, 7) is 7.03. The quantitative estimate of drug-likeness (QED) is 0.616. The summed E-state index contributed by atoms with van der Waals surface area (Å²) in [5, 5.41) is 0.649. The highest BCUT2D eigenvalue weighted by atomic mass is 35.5. The largest absolute Gasteiger partial charge is 0.317 e. The van der Waals surface area contributed by atoms with E-state index in [1.54, 1.807) is 18.3 Å². The number of aromatic nitrogens is 1. The summed E-state index contributed by atoms with van der Waals surface area (Å²) < 4.78 is 0. The standard InChI is InChI=1S/C8H7ClN2/c1-10-6-4-8-7(9)3-2-5-11-8/h2-3,5H,4,6H2. The predicted molar refractivity (Wildman–Crippen MR) is 44.4 cm³/mol. The van der Waals surface area contributed by atoms with Gasteiger partial charge in [0.15, 0.2) is 0 Å². The second-order valence-electron chi connectivity index (χ2n) is 2.06. The van der Waals surface area contributed by atoms with Gasteiger partial charge in [-0.15, -0.1) is 0 Å². The highest BCUT2D eigenvalue weighted by molar-refractivity contribution is 6.31. The van der Waals surface area contributed by atoms with Gasteiger partial charge >= 0.3 is 0 Å². The molecule has 0 fully saturated rings. The van der Waals surface area contributed by atoms with Gasteiger partial charge in [0, 0.05) is 6.20 Å². The van der Waals surface area contributed by atoms with Crippen LogP contribution in [0.15, 0.2) is 18.3 Å². The lowest BCUT2D eigenvalue weighted by molar-refractivity contribution is 0.999. The molecule has 0 bridgehead atoms. The van der Waals surface area contributed by atoms with Crippen LogP contribution in [0.1, 0.15) is 5.69 Å². The van der Waals surface area contributed by atoms with Crippen molar-refractivity contribution in [1.82, 2.24) is 4.98 Å². The molecule has 0 aromatic carbocycles. The van der Waals surface area contributed by atoms with Crippen LogP contribution < -0.4 is 0 Å². The number of hydrogen-bond donors (Lipinski definition) is 0. The molecule has 3 heteroatoms. The maximum atomic E-state index is 6.58. The van der Waals surface area contributed by atoms with Crippen molar-refractivity contribution in [3.05, 3.63) is 40.5 Å². The molecule has 0 aliphatic carbocycles. The summed E-state index contributed by atoms with van der Waals surface area (Å²) in [4.78, 5) is 7.26. The van der Waals surface area contributed by atoms with Gasteiger partial charge in [0.05, 0.1) is 17.1 Å². The van der Waals surface area contributed by atoms with Gasteiger partial charge in [-0.1, -0.05) is 11.6 Å². The first-order valence-corrected chi connectivity index (χ1v) is 3.65. The van der Waals surface area contributed by atoms with Gasteiger partial charge < -0.3 is 4.85 Å². The molecule has 1 heterocycles. The summed E-state index contributed by atoms with van der Waals surface area (Å²) in [6, 6.07) is 3.57. The van der Waals surface area contributed by atoms with E-state index in [-0.39, 0.29) is 0 Å². The van der Waals surface area contributed by atoms with Crippen LogP contribution in [0.5, 0.6) is 0 Å². The van der Waals surface area contributed by atoms with Crippen molar-refractivity contribution in [1.29, 1.82) is 0 Å². The lowest BCUT2D eigenvalue weighted by Crippen LogP contribution is -1.92. The zero-order valence-corrected chi connectivity index (χ0v) is 6.67. The summed E-state index contributed by atoms with van der Waals surface area (Å²) in [7, 11) is 0. The van der Waals surface area contributed by atoms with Gasteiger partial charge in [0.1, 0.15) is 0 Å². The Labute approximate surface area is 70.7 Å². The molecular formula is C8H7ClN2. The molecule has 0 spiro atoms. The minimum atomic E-state index is 0.455. The molecule has 1 aromatic rings. The Balaban J connectivity index is 2.71. The first kappa shape index (κ1) is 8.03. The van der Waals surface area contributed by atoms with E-state index >= 15 is 0 Å². The SMILES string of the molecule is [C-]#[N+]CCc1ncccc1Cl. The molecule has 0 saturated carbocycles. The third-order valence-electron chi connectivity index (χ3n) is 1.30. The van der Waals surface area contributed by atoms with Crippen LogP contribution in [0.2, 0.25) is 5.02 Å². The molecule has 1 rings (SSSR count). The molecule has 0 atom stereocenters. The van der Waals surface area contributed by atoms with Crippen molar-refractivity contribution in [3.8, 4) is 0 Å². The Kier molecular flexibility index (Phi) is 2.88. The zero-order valence-electron chi connectivity index (χ0n) is 5.92. The van der Waals surface area contributed by atoms with Crippen LogP contribution in [-0.2, 0) is 6.42 Å². The molecule has 0 N–H and O–H groups in total. The van der Waals surface area contributed by atoms with E-state index in [0.717, 1.165) is 5.69 Å². The number of rotatable bonds is 2. The fourth-order valence-corrected chi connectivity index (χ4v) is 0.980. The van der Waals surface area contributed by atoms with Gasteiger partial charge in [-0.25, -0.2) is 6.57 Å². The molecule has 0 amide bonds. The monoisotopic (exact) mass is 166 g/mol. The molecule has 56 valence electrons. The number of pyridine rings is 1. The van der Waals surface area contributed by atoms with Crippen molar-refractivity contribution in [3.63, 3.8) is 0 Å². The smallest absolute Gasteiger partial charge is 0.220 e. The zero-order chi connectivity index (χ0) is 8.10. The van der Waals surface area contributed by atoms with Crippen LogP contribution in [0.3, 0.4) is 0 Å². The van der Waals surface area contributed by atoms with E-state index in [4.69, 9.17) is 18.2 Å². The van der Waals surface area contributed by atoms with Gasteiger partial charge in [-0.2, -0.15) is 0 Å². The van der Waals surface area contributed by atoms with Gasteiger partial charge in [-0.3, -0.25) is 4.98 Å². The Bertz CT molecular complexity index is 278. The Hall–Kier alpha value is -1.07. The second kappa shape index (κ2) is 3.95. The van der Waals surface area contributed by atoms with Crippen molar-refractivity contribution in [2.24, 2.45) is 0 Å². The average molecular weight is 167 g/mol. The minimum Gasteiger partial charge on any atom is -0.317 e. The summed E-state index contributed by atoms with van der Waals surface area (Å²) >= 11 is 5.79. The Morgan fingerprint density at radius 2 is 2.45 bits per heavy atom. The number of hydrogen-bond acceptors (Lipinski definition) is 1. The van der Waals surface area contributed by atoms with Crippen molar-refractivity contribution in [2.75, 3.05) is 6.54 Å². The van der Waals surface area contributed by atoms with Gasteiger partial charge in [0.25, 0.3) is 0 Å². The number of nitrogens with zero attached hydrogens (tertiary/aromatic N) is 2. The van der Waals surface area contributed by atoms with E-state index < -0.39 is 0 Å². The Morgan fingerprint density at radius 1 is 1.64 bits per heavy atom. The normalized spacial score (nSPS) is 9.09. The van der Waals surface area contributed by atoms with Crippen LogP contribution in [0, 0.1) is 6.57 Å². The fourth-order valence-electron chi connectivity index (χ4n) is 0.764. The fraction of sp³-hybridized carbons (Fsp3) is 0.250. The first-order chi connectivity index (χ1) is 5.34. The predicted octanol–water partition coefficient (Wildman–Crippen LogP) is 2.20. The van der Waals surface area contributed by atoms with E-state index in [2.05, 4.69) is 9.83 Å². The number of halogens is 1.